The van der Waals surface area contributed by atoms with Crippen LogP contribution in [0.4, 0.5) is 8.78 Å². The van der Waals surface area contributed by atoms with Gasteiger partial charge in [0.15, 0.2) is 0 Å². The van der Waals surface area contributed by atoms with E-state index in [-0.39, 0.29) is 5.56 Å². The first-order chi connectivity index (χ1) is 17.5. The Morgan fingerprint density at radius 3 is 1.64 bits per heavy atom. The van der Waals surface area contributed by atoms with Gasteiger partial charge in [-0.2, -0.15) is 0 Å². The van der Waals surface area contributed by atoms with Crippen molar-refractivity contribution in [3.63, 3.8) is 0 Å². The van der Waals surface area contributed by atoms with E-state index in [9.17, 15) is 18.4 Å². The Kier molecular flexibility index (Phi) is 18.8. The van der Waals surface area contributed by atoms with Gasteiger partial charge in [0.1, 0.15) is 17.7 Å². The summed E-state index contributed by atoms with van der Waals surface area (Å²) < 4.78 is 31.9. The smallest absolute Gasteiger partial charge is 0.328 e. The maximum atomic E-state index is 13.7. The number of nitrogens with one attached hydrogen (secondary N) is 1. The molecule has 0 saturated heterocycles. The van der Waals surface area contributed by atoms with Crippen LogP contribution in [0.25, 0.3) is 0 Å². The minimum absolute atomic E-state index is 0.306. The summed E-state index contributed by atoms with van der Waals surface area (Å²) in [5.74, 6) is -3.06. The molecular formula is C30H49F2NO3. The molecule has 0 aliphatic carbocycles. The van der Waals surface area contributed by atoms with Crippen molar-refractivity contribution in [2.24, 2.45) is 0 Å². The zero-order valence-electron chi connectivity index (χ0n) is 22.7. The molecule has 4 nitrogen and oxygen atoms in total. The van der Waals surface area contributed by atoms with Crippen molar-refractivity contribution in [3.05, 3.63) is 35.4 Å². The molecule has 1 aromatic rings. The fourth-order valence-electron chi connectivity index (χ4n) is 4.31. The van der Waals surface area contributed by atoms with E-state index >= 15 is 0 Å². The highest BCUT2D eigenvalue weighted by Crippen LogP contribution is 2.14. The lowest BCUT2D eigenvalue weighted by molar-refractivity contribution is -0.145. The van der Waals surface area contributed by atoms with E-state index in [0.29, 0.717) is 12.7 Å². The molecule has 0 bridgehead atoms. The van der Waals surface area contributed by atoms with Gasteiger partial charge >= 0.3 is 5.97 Å². The summed E-state index contributed by atoms with van der Waals surface area (Å²) in [6.07, 6.45) is 23.3. The predicted molar refractivity (Wildman–Crippen MR) is 143 cm³/mol. The second kappa shape index (κ2) is 21.1. The van der Waals surface area contributed by atoms with Gasteiger partial charge in [-0.3, -0.25) is 4.79 Å². The van der Waals surface area contributed by atoms with Crippen molar-refractivity contribution in [2.75, 3.05) is 6.61 Å². The Labute approximate surface area is 218 Å². The lowest BCUT2D eigenvalue weighted by Gasteiger charge is -2.13. The first kappa shape index (κ1) is 32.0. The minimum Gasteiger partial charge on any atom is -0.464 e. The van der Waals surface area contributed by atoms with Gasteiger partial charge in [0.2, 0.25) is 0 Å². The number of benzene rings is 1. The van der Waals surface area contributed by atoms with Crippen molar-refractivity contribution >= 4 is 11.9 Å². The van der Waals surface area contributed by atoms with E-state index < -0.39 is 29.6 Å². The zero-order chi connectivity index (χ0) is 26.4. The molecule has 0 aromatic heterocycles. The molecule has 1 atom stereocenters. The highest BCUT2D eigenvalue weighted by Gasteiger charge is 2.20. The van der Waals surface area contributed by atoms with Crippen molar-refractivity contribution < 1.29 is 23.1 Å². The molecule has 0 aliphatic rings. The van der Waals surface area contributed by atoms with E-state index in [1.165, 1.54) is 103 Å². The van der Waals surface area contributed by atoms with E-state index in [2.05, 4.69) is 12.2 Å². The molecule has 0 aliphatic heterocycles. The monoisotopic (exact) mass is 509 g/mol. The van der Waals surface area contributed by atoms with Crippen molar-refractivity contribution in [1.29, 1.82) is 0 Å². The largest absolute Gasteiger partial charge is 0.464 e. The number of carbonyl (C=O) groups excluding carboxylic acids is 2. The van der Waals surface area contributed by atoms with Crippen molar-refractivity contribution in [2.45, 2.75) is 135 Å². The number of hydrogen-bond donors (Lipinski definition) is 1. The fraction of sp³-hybridized carbons (Fsp3) is 0.733. The second-order valence-electron chi connectivity index (χ2n) is 10.00. The molecule has 206 valence electrons. The molecule has 6 heteroatoms. The molecule has 0 radical (unpaired) electrons. The first-order valence-corrected chi connectivity index (χ1v) is 14.4. The van der Waals surface area contributed by atoms with Crippen LogP contribution < -0.4 is 5.32 Å². The molecule has 0 fully saturated rings. The number of carbonyl (C=O) groups is 2. The summed E-state index contributed by atoms with van der Waals surface area (Å²) in [7, 11) is 0. The van der Waals surface area contributed by atoms with Crippen LogP contribution in [0.1, 0.15) is 140 Å². The lowest BCUT2D eigenvalue weighted by Crippen LogP contribution is -2.40. The second-order valence-corrected chi connectivity index (χ2v) is 10.00. The highest BCUT2D eigenvalue weighted by molar-refractivity contribution is 5.96. The average Bonchev–Trinajstić information content (AvgIpc) is 2.85. The quantitative estimate of drug-likeness (QED) is 0.126. The predicted octanol–water partition coefficient (Wildman–Crippen LogP) is 8.67. The van der Waals surface area contributed by atoms with E-state index in [0.717, 1.165) is 31.4 Å². The number of esters is 1. The van der Waals surface area contributed by atoms with Crippen molar-refractivity contribution in [1.82, 2.24) is 5.32 Å². The first-order valence-electron chi connectivity index (χ1n) is 14.4. The number of hydrogen-bond acceptors (Lipinski definition) is 3. The SMILES string of the molecule is CCCCCCCCCCCCCCCCCCCCOC(=O)C(C)NC(=O)c1ccc(F)cc1F. The van der Waals surface area contributed by atoms with Crippen LogP contribution in [0.3, 0.4) is 0 Å². The third-order valence-electron chi connectivity index (χ3n) is 6.62. The number of halogens is 2. The third kappa shape index (κ3) is 15.9. The third-order valence-corrected chi connectivity index (χ3v) is 6.62. The number of rotatable bonds is 22. The summed E-state index contributed by atoms with van der Waals surface area (Å²) in [5, 5.41) is 2.39. The van der Waals surface area contributed by atoms with Gasteiger partial charge in [0.25, 0.3) is 5.91 Å². The molecule has 1 N–H and O–H groups in total. The van der Waals surface area contributed by atoms with Gasteiger partial charge < -0.3 is 10.1 Å². The summed E-state index contributed by atoms with van der Waals surface area (Å²) in [6.45, 7) is 4.06. The van der Waals surface area contributed by atoms with Crippen LogP contribution in [0, 0.1) is 11.6 Å². The van der Waals surface area contributed by atoms with Gasteiger partial charge in [-0.05, 0) is 25.5 Å². The van der Waals surface area contributed by atoms with Crippen LogP contribution in [0.2, 0.25) is 0 Å². The summed E-state index contributed by atoms with van der Waals surface area (Å²) in [5.41, 5.74) is -0.306. The number of ether oxygens (including phenoxy) is 1. The van der Waals surface area contributed by atoms with Gasteiger partial charge in [0.05, 0.1) is 12.2 Å². The van der Waals surface area contributed by atoms with Gasteiger partial charge in [-0.15, -0.1) is 0 Å². The molecule has 0 spiro atoms. The molecular weight excluding hydrogens is 460 g/mol. The maximum absolute atomic E-state index is 13.7. The molecule has 1 amide bonds. The molecule has 0 heterocycles. The zero-order valence-corrected chi connectivity index (χ0v) is 22.7. The van der Waals surface area contributed by atoms with Gasteiger partial charge in [0, 0.05) is 6.07 Å². The topological polar surface area (TPSA) is 55.4 Å². The Hall–Kier alpha value is -1.98. The Morgan fingerprint density at radius 2 is 1.19 bits per heavy atom. The standard InChI is InChI=1S/C30H49F2NO3/c1-3-4-5-6-7-8-9-10-11-12-13-14-15-16-17-18-19-20-23-36-30(35)25(2)33-29(34)27-22-21-26(31)24-28(27)32/h21-22,24-25H,3-20,23H2,1-2H3,(H,33,34). The van der Waals surface area contributed by atoms with Crippen LogP contribution >= 0.6 is 0 Å². The van der Waals surface area contributed by atoms with Crippen LogP contribution in [-0.2, 0) is 9.53 Å². The Bertz CT molecular complexity index is 726. The summed E-state index contributed by atoms with van der Waals surface area (Å²) >= 11 is 0. The maximum Gasteiger partial charge on any atom is 0.328 e. The summed E-state index contributed by atoms with van der Waals surface area (Å²) in [6, 6.07) is 1.78. The van der Waals surface area contributed by atoms with E-state index in [1.54, 1.807) is 0 Å². The van der Waals surface area contributed by atoms with E-state index in [4.69, 9.17) is 4.74 Å². The minimum atomic E-state index is -0.966. The van der Waals surface area contributed by atoms with Gasteiger partial charge in [-0.25, -0.2) is 13.6 Å². The Balaban J connectivity index is 1.90. The van der Waals surface area contributed by atoms with Crippen LogP contribution in [0.5, 0.6) is 0 Å². The Morgan fingerprint density at radius 1 is 0.750 bits per heavy atom. The summed E-state index contributed by atoms with van der Waals surface area (Å²) in [4.78, 5) is 24.1. The number of unbranched alkanes of at least 4 members (excludes halogenated alkanes) is 17. The highest BCUT2D eigenvalue weighted by atomic mass is 19.1. The average molecular weight is 510 g/mol. The lowest BCUT2D eigenvalue weighted by atomic mass is 10.0. The molecule has 1 unspecified atom stereocenters. The molecule has 1 aromatic carbocycles. The fourth-order valence-corrected chi connectivity index (χ4v) is 4.31. The molecule has 36 heavy (non-hydrogen) atoms. The van der Waals surface area contributed by atoms with Gasteiger partial charge in [-0.1, -0.05) is 116 Å². The van der Waals surface area contributed by atoms with E-state index in [1.807, 2.05) is 0 Å². The normalized spacial score (nSPS) is 11.9. The molecule has 1 rings (SSSR count). The van der Waals surface area contributed by atoms with Crippen molar-refractivity contribution in [3.8, 4) is 0 Å². The van der Waals surface area contributed by atoms with Crippen LogP contribution in [-0.4, -0.2) is 24.5 Å². The van der Waals surface area contributed by atoms with Crippen LogP contribution in [0.15, 0.2) is 18.2 Å². The molecule has 0 saturated carbocycles. The number of amides is 1.